The lowest BCUT2D eigenvalue weighted by molar-refractivity contribution is -0.870. The van der Waals surface area contributed by atoms with Crippen molar-refractivity contribution in [3.05, 3.63) is 48.6 Å². The highest BCUT2D eigenvalue weighted by Crippen LogP contribution is 2.38. The van der Waals surface area contributed by atoms with E-state index in [9.17, 15) is 19.4 Å². The molecule has 9 heteroatoms. The molecule has 46 heavy (non-hydrogen) atoms. The third-order valence-corrected chi connectivity index (χ3v) is 8.48. The van der Waals surface area contributed by atoms with Crippen molar-refractivity contribution in [1.82, 2.24) is 5.32 Å². The van der Waals surface area contributed by atoms with Crippen LogP contribution in [0.5, 0.6) is 0 Å². The van der Waals surface area contributed by atoms with Crippen molar-refractivity contribution < 1.29 is 32.9 Å². The molecule has 0 heterocycles. The first-order valence-electron chi connectivity index (χ1n) is 18.0. The number of aliphatic hydroxyl groups is 1. The standard InChI is InChI=1S/C37H69N2O6P/c1-6-8-10-12-14-16-17-18-19-20-21-22-23-25-27-29-31-37(41)38-35(34-45-46(42,43)44-33-32-39(3,4)5)36(40)30-28-26-24-15-13-11-9-7-2/h13,15-17,19-20,28,30,35-36,40H,6-12,14,18,21-27,29,31-34H2,1-5H3,(H-,38,41,42,43)/b15-13+,17-16-,20-19-,30-28+. The number of likely N-dealkylation sites (N-methyl/N-ethyl adjacent to an activating group) is 1. The summed E-state index contributed by atoms with van der Waals surface area (Å²) in [6.45, 7) is 4.48. The molecule has 268 valence electrons. The highest BCUT2D eigenvalue weighted by atomic mass is 31.2. The number of allylic oxidation sites excluding steroid dienone is 7. The number of quaternary nitrogens is 1. The molecule has 8 nitrogen and oxygen atoms in total. The Bertz CT molecular complexity index is 897. The quantitative estimate of drug-likeness (QED) is 0.0333. The maximum atomic E-state index is 12.7. The zero-order chi connectivity index (χ0) is 34.4. The number of nitrogens with zero attached hydrogens (tertiary/aromatic N) is 1. The lowest BCUT2D eigenvalue weighted by atomic mass is 10.1. The summed E-state index contributed by atoms with van der Waals surface area (Å²) in [5.74, 6) is -0.229. The molecule has 3 unspecified atom stereocenters. The van der Waals surface area contributed by atoms with Crippen LogP contribution >= 0.6 is 7.82 Å². The number of hydrogen-bond acceptors (Lipinski definition) is 6. The fourth-order valence-electron chi connectivity index (χ4n) is 4.53. The van der Waals surface area contributed by atoms with Gasteiger partial charge in [-0.15, -0.1) is 0 Å². The van der Waals surface area contributed by atoms with E-state index in [4.69, 9.17) is 9.05 Å². The van der Waals surface area contributed by atoms with Crippen LogP contribution in [0.25, 0.3) is 0 Å². The van der Waals surface area contributed by atoms with Gasteiger partial charge < -0.3 is 28.8 Å². The molecule has 1 amide bonds. The predicted molar refractivity (Wildman–Crippen MR) is 191 cm³/mol. The van der Waals surface area contributed by atoms with Crippen molar-refractivity contribution >= 4 is 13.7 Å². The second kappa shape index (κ2) is 29.6. The first kappa shape index (κ1) is 44.5. The van der Waals surface area contributed by atoms with Gasteiger partial charge in [0.05, 0.1) is 39.9 Å². The molecule has 3 atom stereocenters. The Balaban J connectivity index is 4.54. The topological polar surface area (TPSA) is 108 Å². The summed E-state index contributed by atoms with van der Waals surface area (Å²) in [5.41, 5.74) is 0. The number of unbranched alkanes of at least 4 members (excludes halogenated alkanes) is 12. The van der Waals surface area contributed by atoms with Crippen molar-refractivity contribution in [2.24, 2.45) is 0 Å². The first-order chi connectivity index (χ1) is 22.0. The monoisotopic (exact) mass is 668 g/mol. The van der Waals surface area contributed by atoms with Gasteiger partial charge in [-0.1, -0.05) is 114 Å². The van der Waals surface area contributed by atoms with Gasteiger partial charge in [0.2, 0.25) is 5.91 Å². The Hall–Kier alpha value is -1.54. The van der Waals surface area contributed by atoms with Crippen LogP contribution in [0, 0.1) is 0 Å². The molecule has 0 aliphatic carbocycles. The largest absolute Gasteiger partial charge is 0.756 e. The van der Waals surface area contributed by atoms with Crippen LogP contribution < -0.4 is 10.2 Å². The summed E-state index contributed by atoms with van der Waals surface area (Å²) in [4.78, 5) is 25.0. The highest BCUT2D eigenvalue weighted by molar-refractivity contribution is 7.45. The molecular weight excluding hydrogens is 599 g/mol. The van der Waals surface area contributed by atoms with Gasteiger partial charge in [-0.05, 0) is 57.8 Å². The van der Waals surface area contributed by atoms with Crippen LogP contribution in [0.4, 0.5) is 0 Å². The maximum absolute atomic E-state index is 12.7. The molecule has 2 N–H and O–H groups in total. The highest BCUT2D eigenvalue weighted by Gasteiger charge is 2.23. The van der Waals surface area contributed by atoms with E-state index in [0.29, 0.717) is 17.4 Å². The maximum Gasteiger partial charge on any atom is 0.268 e. The number of carbonyl (C=O) groups is 1. The Morgan fingerprint density at radius 3 is 1.96 bits per heavy atom. The minimum absolute atomic E-state index is 0.0115. The molecule has 0 rings (SSSR count). The zero-order valence-electron chi connectivity index (χ0n) is 30.0. The molecule has 0 aromatic rings. The van der Waals surface area contributed by atoms with E-state index in [0.717, 1.165) is 64.2 Å². The lowest BCUT2D eigenvalue weighted by Gasteiger charge is -2.29. The average molecular weight is 669 g/mol. The molecule has 0 aliphatic rings. The summed E-state index contributed by atoms with van der Waals surface area (Å²) < 4.78 is 22.9. The number of rotatable bonds is 31. The molecule has 0 saturated carbocycles. The molecule has 0 spiro atoms. The third kappa shape index (κ3) is 31.1. The van der Waals surface area contributed by atoms with E-state index in [1.54, 1.807) is 6.08 Å². The van der Waals surface area contributed by atoms with Crippen molar-refractivity contribution in [1.29, 1.82) is 0 Å². The molecule has 0 aromatic carbocycles. The number of phosphoric acid groups is 1. The average Bonchev–Trinajstić information content (AvgIpc) is 2.99. The first-order valence-corrected chi connectivity index (χ1v) is 19.5. The molecule has 0 aliphatic heterocycles. The van der Waals surface area contributed by atoms with Crippen molar-refractivity contribution in [2.45, 2.75) is 142 Å². The Labute approximate surface area is 282 Å². The van der Waals surface area contributed by atoms with E-state index < -0.39 is 26.6 Å². The molecule has 0 radical (unpaired) electrons. The van der Waals surface area contributed by atoms with Gasteiger partial charge >= 0.3 is 0 Å². The van der Waals surface area contributed by atoms with E-state index in [1.165, 1.54) is 44.9 Å². The van der Waals surface area contributed by atoms with Crippen molar-refractivity contribution in [3.8, 4) is 0 Å². The Morgan fingerprint density at radius 1 is 0.761 bits per heavy atom. The molecule has 0 saturated heterocycles. The second-order valence-corrected chi connectivity index (χ2v) is 14.6. The fourth-order valence-corrected chi connectivity index (χ4v) is 5.26. The van der Waals surface area contributed by atoms with Gasteiger partial charge in [0.1, 0.15) is 13.2 Å². The van der Waals surface area contributed by atoms with E-state index in [-0.39, 0.29) is 12.5 Å². The van der Waals surface area contributed by atoms with Gasteiger partial charge in [0, 0.05) is 6.42 Å². The number of nitrogens with one attached hydrogen (secondary N) is 1. The van der Waals surface area contributed by atoms with Crippen LogP contribution in [-0.2, 0) is 18.4 Å². The van der Waals surface area contributed by atoms with Gasteiger partial charge in [-0.25, -0.2) is 0 Å². The second-order valence-electron chi connectivity index (χ2n) is 13.2. The van der Waals surface area contributed by atoms with Crippen molar-refractivity contribution in [2.75, 3.05) is 40.9 Å². The lowest BCUT2D eigenvalue weighted by Crippen LogP contribution is -2.45. The minimum Gasteiger partial charge on any atom is -0.756 e. The summed E-state index contributed by atoms with van der Waals surface area (Å²) in [7, 11) is 1.22. The van der Waals surface area contributed by atoms with Gasteiger partial charge in [0.25, 0.3) is 7.82 Å². The normalized spacial score (nSPS) is 15.4. The number of amides is 1. The number of phosphoric ester groups is 1. The molecule has 0 fully saturated rings. The molecule has 0 bridgehead atoms. The summed E-state index contributed by atoms with van der Waals surface area (Å²) >= 11 is 0. The number of hydrogen-bond donors (Lipinski definition) is 2. The zero-order valence-corrected chi connectivity index (χ0v) is 30.9. The summed E-state index contributed by atoms with van der Waals surface area (Å²) in [6, 6.07) is -0.907. The van der Waals surface area contributed by atoms with E-state index in [1.807, 2.05) is 27.2 Å². The van der Waals surface area contributed by atoms with Gasteiger partial charge in [0.15, 0.2) is 0 Å². The van der Waals surface area contributed by atoms with Gasteiger partial charge in [-0.3, -0.25) is 9.36 Å². The SMILES string of the molecule is CCCC/C=C/CC/C=C/C(O)C(COP(=O)([O-])OCC[N+](C)(C)C)NC(=O)CCCCCCC/C=C\C/C=C\CCCCCC. The van der Waals surface area contributed by atoms with Crippen LogP contribution in [0.2, 0.25) is 0 Å². The summed E-state index contributed by atoms with van der Waals surface area (Å²) in [6.07, 6.45) is 34.5. The van der Waals surface area contributed by atoms with Crippen LogP contribution in [0.15, 0.2) is 48.6 Å². The molecule has 0 aromatic heterocycles. The smallest absolute Gasteiger partial charge is 0.268 e. The van der Waals surface area contributed by atoms with Gasteiger partial charge in [-0.2, -0.15) is 0 Å². The summed E-state index contributed by atoms with van der Waals surface area (Å²) in [5, 5.41) is 13.6. The van der Waals surface area contributed by atoms with E-state index >= 15 is 0 Å². The van der Waals surface area contributed by atoms with Crippen LogP contribution in [0.1, 0.15) is 129 Å². The Morgan fingerprint density at radius 2 is 1.30 bits per heavy atom. The third-order valence-electron chi connectivity index (χ3n) is 7.51. The predicted octanol–water partition coefficient (Wildman–Crippen LogP) is 8.33. The van der Waals surface area contributed by atoms with Crippen LogP contribution in [-0.4, -0.2) is 68.5 Å². The minimum atomic E-state index is -4.58. The van der Waals surface area contributed by atoms with E-state index in [2.05, 4.69) is 55.6 Å². The molecular formula is C37H69N2O6P. The Kier molecular flexibility index (Phi) is 28.6. The number of carbonyl (C=O) groups excluding carboxylic acids is 1. The van der Waals surface area contributed by atoms with Crippen LogP contribution in [0.3, 0.4) is 0 Å². The van der Waals surface area contributed by atoms with Crippen molar-refractivity contribution in [3.63, 3.8) is 0 Å². The fraction of sp³-hybridized carbons (Fsp3) is 0.757. The number of aliphatic hydroxyl groups excluding tert-OH is 1.